The maximum Gasteiger partial charge on any atom is 0.132 e. The normalized spacial score (nSPS) is 20.7. The first-order valence-corrected chi connectivity index (χ1v) is 9.26. The van der Waals surface area contributed by atoms with E-state index in [4.69, 9.17) is 0 Å². The molecular weight excluding hydrogens is 226 g/mol. The summed E-state index contributed by atoms with van der Waals surface area (Å²) in [4.78, 5) is 8.06. The van der Waals surface area contributed by atoms with E-state index in [0.717, 1.165) is 0 Å². The summed E-state index contributed by atoms with van der Waals surface area (Å²) in [5.41, 5.74) is 4.81. The SMILES string of the molecule is CN[Si](C)(C)C1C=C(N(C)C)C(C)=C1N(C)C. The van der Waals surface area contributed by atoms with Crippen molar-refractivity contribution in [1.82, 2.24) is 14.8 Å². The molecule has 17 heavy (non-hydrogen) atoms. The molecule has 0 amide bonds. The first kappa shape index (κ1) is 14.3. The fourth-order valence-electron chi connectivity index (χ4n) is 2.53. The van der Waals surface area contributed by atoms with Gasteiger partial charge in [0.05, 0.1) is 0 Å². The van der Waals surface area contributed by atoms with Crippen LogP contribution in [0.1, 0.15) is 6.92 Å². The average molecular weight is 253 g/mol. The monoisotopic (exact) mass is 253 g/mol. The summed E-state index contributed by atoms with van der Waals surface area (Å²) in [7, 11) is 9.19. The molecule has 0 bridgehead atoms. The van der Waals surface area contributed by atoms with Crippen molar-refractivity contribution in [3.8, 4) is 0 Å². The lowest BCUT2D eigenvalue weighted by atomic mass is 10.2. The smallest absolute Gasteiger partial charge is 0.132 e. The lowest BCUT2D eigenvalue weighted by Gasteiger charge is -2.33. The van der Waals surface area contributed by atoms with Gasteiger partial charge in [-0.1, -0.05) is 19.2 Å². The average Bonchev–Trinajstić information content (AvgIpc) is 2.56. The fraction of sp³-hybridized carbons (Fsp3) is 0.692. The number of likely N-dealkylation sites (N-methyl/N-ethyl adjacent to an activating group) is 1. The van der Waals surface area contributed by atoms with Gasteiger partial charge in [0.25, 0.3) is 0 Å². The molecule has 0 radical (unpaired) electrons. The highest BCUT2D eigenvalue weighted by molar-refractivity contribution is 6.77. The van der Waals surface area contributed by atoms with Gasteiger partial charge in [-0.05, 0) is 19.5 Å². The zero-order valence-corrected chi connectivity index (χ0v) is 13.5. The number of allylic oxidation sites excluding steroid dienone is 2. The van der Waals surface area contributed by atoms with E-state index in [9.17, 15) is 0 Å². The predicted octanol–water partition coefficient (Wildman–Crippen LogP) is 2.08. The molecule has 0 aromatic rings. The topological polar surface area (TPSA) is 18.5 Å². The molecule has 1 unspecified atom stereocenters. The second-order valence-electron chi connectivity index (χ2n) is 5.80. The van der Waals surface area contributed by atoms with Crippen LogP contribution in [0.5, 0.6) is 0 Å². The number of hydrogen-bond donors (Lipinski definition) is 1. The third-order valence-electron chi connectivity index (χ3n) is 3.77. The van der Waals surface area contributed by atoms with Crippen molar-refractivity contribution in [3.05, 3.63) is 23.0 Å². The fourth-order valence-corrected chi connectivity index (χ4v) is 4.57. The van der Waals surface area contributed by atoms with Crippen LogP contribution in [-0.2, 0) is 0 Å². The van der Waals surface area contributed by atoms with E-state index in [0.29, 0.717) is 5.54 Å². The highest BCUT2D eigenvalue weighted by Gasteiger charge is 2.38. The van der Waals surface area contributed by atoms with E-state index >= 15 is 0 Å². The molecule has 0 aromatic carbocycles. The Morgan fingerprint density at radius 1 is 1.12 bits per heavy atom. The largest absolute Gasteiger partial charge is 0.380 e. The van der Waals surface area contributed by atoms with Crippen molar-refractivity contribution >= 4 is 8.24 Å². The van der Waals surface area contributed by atoms with E-state index in [1.165, 1.54) is 17.0 Å². The Hall–Kier alpha value is -0.743. The minimum absolute atomic E-state index is 0.555. The van der Waals surface area contributed by atoms with Crippen molar-refractivity contribution in [2.75, 3.05) is 35.2 Å². The predicted molar refractivity (Wildman–Crippen MR) is 78.4 cm³/mol. The summed E-state index contributed by atoms with van der Waals surface area (Å²) in [6, 6.07) is 0. The van der Waals surface area contributed by atoms with Crippen molar-refractivity contribution in [2.45, 2.75) is 25.6 Å². The van der Waals surface area contributed by atoms with E-state index in [1.54, 1.807) is 0 Å². The molecule has 1 N–H and O–H groups in total. The Kier molecular flexibility index (Phi) is 4.09. The van der Waals surface area contributed by atoms with Gasteiger partial charge in [0, 0.05) is 45.1 Å². The molecular formula is C13H27N3Si. The maximum atomic E-state index is 3.56. The van der Waals surface area contributed by atoms with Crippen LogP contribution in [0.2, 0.25) is 18.6 Å². The van der Waals surface area contributed by atoms with Crippen LogP contribution in [-0.4, -0.2) is 53.3 Å². The highest BCUT2D eigenvalue weighted by atomic mass is 28.3. The maximum absolute atomic E-state index is 3.56. The van der Waals surface area contributed by atoms with Crippen molar-refractivity contribution < 1.29 is 0 Å². The standard InChI is InChI=1S/C13H27N3Si/c1-10-11(15(3)4)9-12(13(10)16(5)6)17(7,8)14-2/h9,12,14H,1-8H3. The molecule has 3 nitrogen and oxygen atoms in total. The van der Waals surface area contributed by atoms with E-state index < -0.39 is 8.24 Å². The van der Waals surface area contributed by atoms with Gasteiger partial charge in [0.15, 0.2) is 0 Å². The van der Waals surface area contributed by atoms with E-state index in [-0.39, 0.29) is 0 Å². The summed E-state index contributed by atoms with van der Waals surface area (Å²) < 4.78 is 0. The van der Waals surface area contributed by atoms with Gasteiger partial charge in [-0.25, -0.2) is 0 Å². The van der Waals surface area contributed by atoms with Crippen LogP contribution in [0.25, 0.3) is 0 Å². The third kappa shape index (κ3) is 2.58. The third-order valence-corrected chi connectivity index (χ3v) is 7.06. The summed E-state index contributed by atoms with van der Waals surface area (Å²) in [6.07, 6.45) is 2.44. The lowest BCUT2D eigenvalue weighted by molar-refractivity contribution is 0.489. The molecule has 98 valence electrons. The van der Waals surface area contributed by atoms with Crippen LogP contribution in [0.15, 0.2) is 23.0 Å². The minimum Gasteiger partial charge on any atom is -0.380 e. The lowest BCUT2D eigenvalue weighted by Crippen LogP contribution is -2.47. The summed E-state index contributed by atoms with van der Waals surface area (Å²) >= 11 is 0. The Morgan fingerprint density at radius 2 is 1.65 bits per heavy atom. The van der Waals surface area contributed by atoms with Gasteiger partial charge in [-0.15, -0.1) is 0 Å². The van der Waals surface area contributed by atoms with Crippen LogP contribution in [0.3, 0.4) is 0 Å². The second-order valence-corrected chi connectivity index (χ2v) is 10.4. The Balaban J connectivity index is 3.23. The first-order valence-electron chi connectivity index (χ1n) is 6.19. The molecule has 1 rings (SSSR count). The van der Waals surface area contributed by atoms with Gasteiger partial charge in [0.1, 0.15) is 8.24 Å². The Bertz CT molecular complexity index is 354. The molecule has 0 heterocycles. The van der Waals surface area contributed by atoms with E-state index in [2.05, 4.69) is 76.1 Å². The quantitative estimate of drug-likeness (QED) is 0.774. The molecule has 0 saturated heterocycles. The number of nitrogens with zero attached hydrogens (tertiary/aromatic N) is 2. The molecule has 4 heteroatoms. The van der Waals surface area contributed by atoms with Crippen LogP contribution in [0, 0.1) is 0 Å². The number of nitrogens with one attached hydrogen (secondary N) is 1. The zero-order valence-electron chi connectivity index (χ0n) is 12.5. The van der Waals surface area contributed by atoms with Gasteiger partial charge in [-0.3, -0.25) is 0 Å². The number of hydrogen-bond acceptors (Lipinski definition) is 3. The van der Waals surface area contributed by atoms with Crippen LogP contribution < -0.4 is 4.98 Å². The van der Waals surface area contributed by atoms with Crippen LogP contribution >= 0.6 is 0 Å². The van der Waals surface area contributed by atoms with Gasteiger partial charge in [0.2, 0.25) is 0 Å². The van der Waals surface area contributed by atoms with Gasteiger partial charge in [-0.2, -0.15) is 0 Å². The van der Waals surface area contributed by atoms with E-state index in [1.807, 2.05) is 0 Å². The molecule has 0 spiro atoms. The summed E-state index contributed by atoms with van der Waals surface area (Å²) in [6.45, 7) is 7.02. The molecule has 1 atom stereocenters. The van der Waals surface area contributed by atoms with Crippen molar-refractivity contribution in [1.29, 1.82) is 0 Å². The van der Waals surface area contributed by atoms with Crippen molar-refractivity contribution in [3.63, 3.8) is 0 Å². The molecule has 1 aliphatic rings. The van der Waals surface area contributed by atoms with Gasteiger partial charge < -0.3 is 14.8 Å². The Morgan fingerprint density at radius 3 is 2.00 bits per heavy atom. The first-order chi connectivity index (χ1) is 7.72. The second kappa shape index (κ2) is 4.86. The molecule has 0 aliphatic heterocycles. The molecule has 1 aliphatic carbocycles. The molecule has 0 fully saturated rings. The van der Waals surface area contributed by atoms with Crippen molar-refractivity contribution in [2.24, 2.45) is 0 Å². The summed E-state index contributed by atoms with van der Waals surface area (Å²) in [5.74, 6) is 0. The minimum atomic E-state index is -1.45. The molecule has 0 saturated carbocycles. The Labute approximate surface area is 107 Å². The van der Waals surface area contributed by atoms with Gasteiger partial charge >= 0.3 is 0 Å². The highest BCUT2D eigenvalue weighted by Crippen LogP contribution is 2.41. The number of rotatable bonds is 4. The molecule has 0 aromatic heterocycles. The zero-order chi connectivity index (χ0) is 13.4. The van der Waals surface area contributed by atoms with Crippen LogP contribution in [0.4, 0.5) is 0 Å². The summed E-state index contributed by atoms with van der Waals surface area (Å²) in [5, 5.41) is 0.